The van der Waals surface area contributed by atoms with E-state index in [9.17, 15) is 0 Å². The van der Waals surface area contributed by atoms with E-state index < -0.39 is 0 Å². The lowest BCUT2D eigenvalue weighted by molar-refractivity contribution is 0.597. The smallest absolute Gasteiger partial charge is 0.0956 e. The molecule has 1 aromatic heterocycles. The predicted molar refractivity (Wildman–Crippen MR) is 58.8 cm³/mol. The second-order valence-electron chi connectivity index (χ2n) is 3.37. The number of nitrogens with one attached hydrogen (secondary N) is 1. The molecule has 1 heterocycles. The van der Waals surface area contributed by atoms with Crippen LogP contribution in [0, 0.1) is 12.3 Å². The maximum absolute atomic E-state index is 7.65. The molecule has 0 saturated carbocycles. The highest BCUT2D eigenvalue weighted by Gasteiger charge is 2.03. The van der Waals surface area contributed by atoms with Gasteiger partial charge >= 0.3 is 0 Å². The Kier molecular flexibility index (Phi) is 3.48. The first-order chi connectivity index (χ1) is 6.11. The first-order valence-electron chi connectivity index (χ1n) is 4.39. The summed E-state index contributed by atoms with van der Waals surface area (Å²) in [5.74, 6) is 0.702. The van der Waals surface area contributed by atoms with Gasteiger partial charge in [-0.2, -0.15) is 0 Å². The molecule has 0 aliphatic carbocycles. The predicted octanol–water partition coefficient (Wildman–Crippen LogP) is 2.53. The van der Waals surface area contributed by atoms with Gasteiger partial charge < -0.3 is 4.90 Å². The second kappa shape index (κ2) is 4.42. The van der Waals surface area contributed by atoms with E-state index in [2.05, 4.69) is 18.4 Å². The van der Waals surface area contributed by atoms with Crippen LogP contribution in [0.15, 0.2) is 11.4 Å². The fourth-order valence-corrected chi connectivity index (χ4v) is 2.03. The molecule has 3 heteroatoms. The first-order valence-corrected chi connectivity index (χ1v) is 5.27. The molecule has 1 aromatic rings. The van der Waals surface area contributed by atoms with Crippen LogP contribution in [-0.4, -0.2) is 24.8 Å². The minimum Gasteiger partial charge on any atom is -0.367 e. The summed E-state index contributed by atoms with van der Waals surface area (Å²) in [5, 5.41) is 9.76. The Labute approximate surface area is 83.7 Å². The third kappa shape index (κ3) is 2.84. The summed E-state index contributed by atoms with van der Waals surface area (Å²) >= 11 is 1.79. The van der Waals surface area contributed by atoms with Crippen LogP contribution in [0.4, 0.5) is 0 Å². The van der Waals surface area contributed by atoms with Gasteiger partial charge in [0.05, 0.1) is 5.84 Å². The number of amidine groups is 1. The molecule has 0 aliphatic rings. The zero-order chi connectivity index (χ0) is 9.84. The Hall–Kier alpha value is -0.830. The molecule has 0 radical (unpaired) electrons. The standard InChI is InChI=1S/C10H16N2S/c1-8-6-7-13-9(8)4-5-10(11)12(2)3/h6-7,11H,4-5H2,1-3H3. The van der Waals surface area contributed by atoms with Crippen molar-refractivity contribution in [1.82, 2.24) is 4.90 Å². The molecule has 0 amide bonds. The van der Waals surface area contributed by atoms with Crippen LogP contribution in [-0.2, 0) is 6.42 Å². The molecule has 1 rings (SSSR count). The van der Waals surface area contributed by atoms with Gasteiger partial charge in [-0.3, -0.25) is 5.41 Å². The molecule has 72 valence electrons. The van der Waals surface area contributed by atoms with Crippen molar-refractivity contribution in [3.05, 3.63) is 21.9 Å². The van der Waals surface area contributed by atoms with Gasteiger partial charge in [-0.05, 0) is 30.4 Å². The van der Waals surface area contributed by atoms with Crippen LogP contribution >= 0.6 is 11.3 Å². The van der Waals surface area contributed by atoms with Crippen LogP contribution in [0.3, 0.4) is 0 Å². The largest absolute Gasteiger partial charge is 0.367 e. The van der Waals surface area contributed by atoms with E-state index in [0.29, 0.717) is 5.84 Å². The Balaban J connectivity index is 2.44. The van der Waals surface area contributed by atoms with E-state index in [-0.39, 0.29) is 0 Å². The minimum absolute atomic E-state index is 0.702. The third-order valence-corrected chi connectivity index (χ3v) is 3.18. The average molecular weight is 196 g/mol. The van der Waals surface area contributed by atoms with E-state index in [1.54, 1.807) is 11.3 Å². The SMILES string of the molecule is Cc1ccsc1CCC(=N)N(C)C. The van der Waals surface area contributed by atoms with Crippen molar-refractivity contribution in [2.45, 2.75) is 19.8 Å². The molecule has 0 aliphatic heterocycles. The van der Waals surface area contributed by atoms with Crippen molar-refractivity contribution in [3.8, 4) is 0 Å². The Bertz CT molecular complexity index is 289. The summed E-state index contributed by atoms with van der Waals surface area (Å²) in [5.41, 5.74) is 1.36. The number of nitrogens with zero attached hydrogens (tertiary/aromatic N) is 1. The van der Waals surface area contributed by atoms with Gasteiger partial charge in [0, 0.05) is 25.4 Å². The highest BCUT2D eigenvalue weighted by Crippen LogP contribution is 2.17. The normalized spacial score (nSPS) is 10.1. The Morgan fingerprint density at radius 2 is 2.23 bits per heavy atom. The summed E-state index contributed by atoms with van der Waals surface area (Å²) in [6.45, 7) is 2.13. The number of hydrogen-bond donors (Lipinski definition) is 1. The lowest BCUT2D eigenvalue weighted by Gasteiger charge is -2.12. The molecule has 0 bridgehead atoms. The van der Waals surface area contributed by atoms with Gasteiger partial charge in [0.15, 0.2) is 0 Å². The number of rotatable bonds is 3. The summed E-state index contributed by atoms with van der Waals surface area (Å²) in [6.07, 6.45) is 1.84. The molecular weight excluding hydrogens is 180 g/mol. The van der Waals surface area contributed by atoms with Crippen molar-refractivity contribution in [2.75, 3.05) is 14.1 Å². The Morgan fingerprint density at radius 1 is 1.54 bits per heavy atom. The van der Waals surface area contributed by atoms with Crippen LogP contribution in [0.1, 0.15) is 16.9 Å². The van der Waals surface area contributed by atoms with E-state index in [1.165, 1.54) is 10.4 Å². The quantitative estimate of drug-likeness (QED) is 0.583. The van der Waals surface area contributed by atoms with Crippen LogP contribution in [0.5, 0.6) is 0 Å². The topological polar surface area (TPSA) is 27.1 Å². The molecule has 13 heavy (non-hydrogen) atoms. The molecule has 0 aromatic carbocycles. The first kappa shape index (κ1) is 10.3. The minimum atomic E-state index is 0.702. The summed E-state index contributed by atoms with van der Waals surface area (Å²) < 4.78 is 0. The molecule has 1 N–H and O–H groups in total. The van der Waals surface area contributed by atoms with Crippen LogP contribution < -0.4 is 0 Å². The fourth-order valence-electron chi connectivity index (χ4n) is 1.12. The molecule has 0 unspecified atom stereocenters. The van der Waals surface area contributed by atoms with E-state index in [0.717, 1.165) is 12.8 Å². The van der Waals surface area contributed by atoms with Gasteiger partial charge in [-0.15, -0.1) is 11.3 Å². The number of hydrogen-bond acceptors (Lipinski definition) is 2. The van der Waals surface area contributed by atoms with Gasteiger partial charge in [0.25, 0.3) is 0 Å². The highest BCUT2D eigenvalue weighted by atomic mass is 32.1. The molecule has 0 saturated heterocycles. The summed E-state index contributed by atoms with van der Waals surface area (Å²) in [7, 11) is 3.84. The van der Waals surface area contributed by atoms with Gasteiger partial charge in [-0.1, -0.05) is 0 Å². The maximum Gasteiger partial charge on any atom is 0.0956 e. The van der Waals surface area contributed by atoms with Crippen molar-refractivity contribution < 1.29 is 0 Å². The third-order valence-electron chi connectivity index (χ3n) is 2.10. The summed E-state index contributed by atoms with van der Waals surface area (Å²) in [4.78, 5) is 3.27. The molecule has 0 fully saturated rings. The molecule has 0 atom stereocenters. The second-order valence-corrected chi connectivity index (χ2v) is 4.37. The highest BCUT2D eigenvalue weighted by molar-refractivity contribution is 7.10. The monoisotopic (exact) mass is 196 g/mol. The maximum atomic E-state index is 7.65. The molecular formula is C10H16N2S. The van der Waals surface area contributed by atoms with Crippen molar-refractivity contribution in [3.63, 3.8) is 0 Å². The zero-order valence-electron chi connectivity index (χ0n) is 8.42. The van der Waals surface area contributed by atoms with Gasteiger partial charge in [0.2, 0.25) is 0 Å². The van der Waals surface area contributed by atoms with Crippen LogP contribution in [0.25, 0.3) is 0 Å². The molecule has 0 spiro atoms. The van der Waals surface area contributed by atoms with E-state index in [1.807, 2.05) is 19.0 Å². The lowest BCUT2D eigenvalue weighted by Crippen LogP contribution is -2.21. The van der Waals surface area contributed by atoms with Crippen molar-refractivity contribution in [2.24, 2.45) is 0 Å². The van der Waals surface area contributed by atoms with Crippen LogP contribution in [0.2, 0.25) is 0 Å². The van der Waals surface area contributed by atoms with Gasteiger partial charge in [0.1, 0.15) is 0 Å². The zero-order valence-corrected chi connectivity index (χ0v) is 9.24. The van der Waals surface area contributed by atoms with Crippen molar-refractivity contribution in [1.29, 1.82) is 5.41 Å². The number of thiophene rings is 1. The van der Waals surface area contributed by atoms with Gasteiger partial charge in [-0.25, -0.2) is 0 Å². The lowest BCUT2D eigenvalue weighted by atomic mass is 10.2. The molecule has 2 nitrogen and oxygen atoms in total. The average Bonchev–Trinajstić information content (AvgIpc) is 2.47. The number of aryl methyl sites for hydroxylation is 2. The Morgan fingerprint density at radius 3 is 2.69 bits per heavy atom. The van der Waals surface area contributed by atoms with Crippen molar-refractivity contribution >= 4 is 17.2 Å². The summed E-state index contributed by atoms with van der Waals surface area (Å²) in [6, 6.07) is 2.14. The van der Waals surface area contributed by atoms with E-state index >= 15 is 0 Å². The van der Waals surface area contributed by atoms with E-state index in [4.69, 9.17) is 5.41 Å². The fraction of sp³-hybridized carbons (Fsp3) is 0.500.